The Bertz CT molecular complexity index is 666. The first-order chi connectivity index (χ1) is 11.3. The van der Waals surface area contributed by atoms with Crippen LogP contribution in [-0.2, 0) is 6.54 Å². The van der Waals surface area contributed by atoms with Gasteiger partial charge in [-0.15, -0.1) is 0 Å². The second-order valence-corrected chi connectivity index (χ2v) is 6.73. The van der Waals surface area contributed by atoms with Crippen molar-refractivity contribution in [1.29, 1.82) is 0 Å². The lowest BCUT2D eigenvalue weighted by Gasteiger charge is -2.24. The summed E-state index contributed by atoms with van der Waals surface area (Å²) in [4.78, 5) is 17.0. The van der Waals surface area contributed by atoms with E-state index in [1.54, 1.807) is 0 Å². The lowest BCUT2D eigenvalue weighted by atomic mass is 10.0. The van der Waals surface area contributed by atoms with E-state index in [1.165, 1.54) is 11.1 Å². The van der Waals surface area contributed by atoms with Crippen molar-refractivity contribution in [3.05, 3.63) is 41.2 Å². The number of benzene rings is 1. The molecule has 0 spiro atoms. The molecule has 0 saturated heterocycles. The van der Waals surface area contributed by atoms with Crippen LogP contribution in [0.4, 0.5) is 11.9 Å². The predicted octanol–water partition coefficient (Wildman–Crippen LogP) is 2.84. The Kier molecular flexibility index (Phi) is 5.72. The van der Waals surface area contributed by atoms with E-state index in [9.17, 15) is 0 Å². The highest BCUT2D eigenvalue weighted by Gasteiger charge is 2.17. The highest BCUT2D eigenvalue weighted by atomic mass is 15.3. The van der Waals surface area contributed by atoms with E-state index in [2.05, 4.69) is 71.9 Å². The number of anilines is 2. The van der Waals surface area contributed by atoms with Crippen molar-refractivity contribution in [2.24, 2.45) is 0 Å². The quantitative estimate of drug-likeness (QED) is 0.879. The molecule has 0 aliphatic heterocycles. The average Bonchev–Trinajstić information content (AvgIpc) is 2.53. The SMILES string of the molecule is CC(C)c1ccc(CN(C)[C@@H](C)c2nc(N)nc(N(C)C)n2)cc1. The molecule has 6 nitrogen and oxygen atoms in total. The summed E-state index contributed by atoms with van der Waals surface area (Å²) in [6, 6.07) is 8.81. The van der Waals surface area contributed by atoms with Gasteiger partial charge in [0.15, 0.2) is 5.82 Å². The molecule has 6 heteroatoms. The monoisotopic (exact) mass is 328 g/mol. The third-order valence-corrected chi connectivity index (χ3v) is 4.17. The van der Waals surface area contributed by atoms with Crippen molar-refractivity contribution >= 4 is 11.9 Å². The molecule has 24 heavy (non-hydrogen) atoms. The molecule has 0 amide bonds. The molecule has 1 heterocycles. The van der Waals surface area contributed by atoms with Crippen molar-refractivity contribution in [1.82, 2.24) is 19.9 Å². The van der Waals surface area contributed by atoms with Crippen molar-refractivity contribution in [2.75, 3.05) is 31.8 Å². The van der Waals surface area contributed by atoms with E-state index in [-0.39, 0.29) is 12.0 Å². The number of aromatic nitrogens is 3. The molecule has 1 aromatic heterocycles. The van der Waals surface area contributed by atoms with Gasteiger partial charge < -0.3 is 10.6 Å². The maximum absolute atomic E-state index is 5.83. The van der Waals surface area contributed by atoms with Gasteiger partial charge in [0.2, 0.25) is 11.9 Å². The molecular weight excluding hydrogens is 300 g/mol. The van der Waals surface area contributed by atoms with E-state index in [4.69, 9.17) is 5.73 Å². The maximum atomic E-state index is 5.83. The molecule has 0 bridgehead atoms. The first-order valence-corrected chi connectivity index (χ1v) is 8.25. The molecule has 0 unspecified atom stereocenters. The Morgan fingerprint density at radius 2 is 1.58 bits per heavy atom. The number of nitrogens with zero attached hydrogens (tertiary/aromatic N) is 5. The van der Waals surface area contributed by atoms with Crippen LogP contribution in [0, 0.1) is 0 Å². The van der Waals surface area contributed by atoms with Crippen LogP contribution in [0.5, 0.6) is 0 Å². The summed E-state index contributed by atoms with van der Waals surface area (Å²) < 4.78 is 0. The summed E-state index contributed by atoms with van der Waals surface area (Å²) in [5, 5.41) is 0. The zero-order valence-corrected chi connectivity index (χ0v) is 15.5. The van der Waals surface area contributed by atoms with Gasteiger partial charge in [0.25, 0.3) is 0 Å². The van der Waals surface area contributed by atoms with E-state index in [1.807, 2.05) is 19.0 Å². The largest absolute Gasteiger partial charge is 0.368 e. The van der Waals surface area contributed by atoms with Crippen molar-refractivity contribution in [3.63, 3.8) is 0 Å². The maximum Gasteiger partial charge on any atom is 0.229 e. The van der Waals surface area contributed by atoms with Crippen LogP contribution >= 0.6 is 0 Å². The van der Waals surface area contributed by atoms with Crippen LogP contribution in [0.15, 0.2) is 24.3 Å². The van der Waals surface area contributed by atoms with Gasteiger partial charge in [-0.2, -0.15) is 15.0 Å². The molecule has 0 saturated carbocycles. The zero-order chi connectivity index (χ0) is 17.9. The van der Waals surface area contributed by atoms with Crippen LogP contribution < -0.4 is 10.6 Å². The minimum absolute atomic E-state index is 0.0405. The molecule has 1 atom stereocenters. The normalized spacial score (nSPS) is 12.7. The van der Waals surface area contributed by atoms with Crippen molar-refractivity contribution in [2.45, 2.75) is 39.3 Å². The van der Waals surface area contributed by atoms with Crippen LogP contribution in [0.25, 0.3) is 0 Å². The van der Waals surface area contributed by atoms with Gasteiger partial charge in [0.1, 0.15) is 0 Å². The minimum atomic E-state index is 0.0405. The van der Waals surface area contributed by atoms with Gasteiger partial charge in [-0.1, -0.05) is 38.1 Å². The lowest BCUT2D eigenvalue weighted by Crippen LogP contribution is -2.25. The molecule has 130 valence electrons. The van der Waals surface area contributed by atoms with E-state index >= 15 is 0 Å². The zero-order valence-electron chi connectivity index (χ0n) is 15.5. The topological polar surface area (TPSA) is 71.2 Å². The molecule has 2 N–H and O–H groups in total. The summed E-state index contributed by atoms with van der Waals surface area (Å²) in [5.41, 5.74) is 8.45. The highest BCUT2D eigenvalue weighted by Crippen LogP contribution is 2.21. The van der Waals surface area contributed by atoms with E-state index in [0.717, 1.165) is 6.54 Å². The first kappa shape index (κ1) is 18.1. The number of rotatable bonds is 6. The highest BCUT2D eigenvalue weighted by molar-refractivity contribution is 5.33. The van der Waals surface area contributed by atoms with Gasteiger partial charge in [0, 0.05) is 20.6 Å². The molecule has 0 aliphatic rings. The van der Waals surface area contributed by atoms with Crippen LogP contribution in [0.3, 0.4) is 0 Å². The number of hydrogen-bond donors (Lipinski definition) is 1. The molecule has 0 fully saturated rings. The minimum Gasteiger partial charge on any atom is -0.368 e. The standard InChI is InChI=1S/C18H28N6/c1-12(2)15-9-7-14(8-10-15)11-24(6)13(3)16-20-17(19)22-18(21-16)23(4)5/h7-10,12-13H,11H2,1-6H3,(H2,19,20,21,22)/t13-/m0/s1. The fourth-order valence-corrected chi connectivity index (χ4v) is 2.41. The fourth-order valence-electron chi connectivity index (χ4n) is 2.41. The van der Waals surface area contributed by atoms with Crippen molar-refractivity contribution < 1.29 is 0 Å². The summed E-state index contributed by atoms with van der Waals surface area (Å²) in [6.07, 6.45) is 0. The van der Waals surface area contributed by atoms with Gasteiger partial charge in [-0.3, -0.25) is 4.90 Å². The third-order valence-electron chi connectivity index (χ3n) is 4.17. The second-order valence-electron chi connectivity index (χ2n) is 6.73. The van der Waals surface area contributed by atoms with Crippen LogP contribution in [0.1, 0.15) is 49.7 Å². The predicted molar refractivity (Wildman–Crippen MR) is 99.0 cm³/mol. The van der Waals surface area contributed by atoms with Gasteiger partial charge in [-0.25, -0.2) is 0 Å². The first-order valence-electron chi connectivity index (χ1n) is 8.25. The van der Waals surface area contributed by atoms with Gasteiger partial charge >= 0.3 is 0 Å². The van der Waals surface area contributed by atoms with Crippen LogP contribution in [-0.4, -0.2) is 41.0 Å². The second kappa shape index (κ2) is 7.57. The Balaban J connectivity index is 2.13. The summed E-state index contributed by atoms with van der Waals surface area (Å²) in [5.74, 6) is 2.07. The molecule has 0 radical (unpaired) electrons. The van der Waals surface area contributed by atoms with Crippen molar-refractivity contribution in [3.8, 4) is 0 Å². The Labute approximate surface area is 144 Å². The fraction of sp³-hybridized carbons (Fsp3) is 0.500. The summed E-state index contributed by atoms with van der Waals surface area (Å²) in [6.45, 7) is 7.31. The molecule has 1 aromatic carbocycles. The Morgan fingerprint density at radius 3 is 2.12 bits per heavy atom. The Hall–Kier alpha value is -2.21. The van der Waals surface area contributed by atoms with Gasteiger partial charge in [-0.05, 0) is 31.0 Å². The van der Waals surface area contributed by atoms with E-state index in [0.29, 0.717) is 17.7 Å². The number of nitrogen functional groups attached to an aromatic ring is 1. The summed E-state index contributed by atoms with van der Waals surface area (Å²) >= 11 is 0. The van der Waals surface area contributed by atoms with E-state index < -0.39 is 0 Å². The Morgan fingerprint density at radius 1 is 0.958 bits per heavy atom. The molecular formula is C18H28N6. The molecule has 0 aliphatic carbocycles. The lowest BCUT2D eigenvalue weighted by molar-refractivity contribution is 0.243. The van der Waals surface area contributed by atoms with Gasteiger partial charge in [0.05, 0.1) is 6.04 Å². The number of hydrogen-bond acceptors (Lipinski definition) is 6. The molecule has 2 rings (SSSR count). The smallest absolute Gasteiger partial charge is 0.229 e. The summed E-state index contributed by atoms with van der Waals surface area (Å²) in [7, 11) is 5.85. The number of nitrogens with two attached hydrogens (primary N) is 1. The molecule has 2 aromatic rings. The third kappa shape index (κ3) is 4.41. The average molecular weight is 328 g/mol. The van der Waals surface area contributed by atoms with Crippen LogP contribution in [0.2, 0.25) is 0 Å².